The molecule has 6 nitrogen and oxygen atoms in total. The fraction of sp³-hybridized carbons (Fsp3) is 0.409. The zero-order chi connectivity index (χ0) is 23.4. The van der Waals surface area contributed by atoms with Crippen LogP contribution in [0.4, 0.5) is 5.00 Å². The third-order valence-electron chi connectivity index (χ3n) is 5.40. The van der Waals surface area contributed by atoms with Crippen LogP contribution in [0.2, 0.25) is 10.0 Å². The second-order valence-electron chi connectivity index (χ2n) is 7.84. The summed E-state index contributed by atoms with van der Waals surface area (Å²) in [7, 11) is 0. The summed E-state index contributed by atoms with van der Waals surface area (Å²) in [5.74, 6) is -0.240. The van der Waals surface area contributed by atoms with Gasteiger partial charge in [-0.1, -0.05) is 30.1 Å². The molecule has 10 heteroatoms. The average Bonchev–Trinajstić information content (AvgIpc) is 3.07. The maximum absolute atomic E-state index is 13.1. The molecule has 3 amide bonds. The van der Waals surface area contributed by atoms with Gasteiger partial charge >= 0.3 is 0 Å². The van der Waals surface area contributed by atoms with Gasteiger partial charge in [0.15, 0.2) is 0 Å². The minimum Gasteiger partial charge on any atom is -0.365 e. The van der Waals surface area contributed by atoms with Gasteiger partial charge in [-0.3, -0.25) is 14.4 Å². The predicted molar refractivity (Wildman–Crippen MR) is 133 cm³/mol. The molecule has 1 aromatic heterocycles. The summed E-state index contributed by atoms with van der Waals surface area (Å²) in [5.41, 5.74) is 7.21. The van der Waals surface area contributed by atoms with E-state index in [4.69, 9.17) is 28.9 Å². The molecular formula is C22H25Cl2N3O3S2. The van der Waals surface area contributed by atoms with E-state index in [1.807, 2.05) is 6.26 Å². The molecule has 0 spiro atoms. The number of primary amides is 1. The van der Waals surface area contributed by atoms with Crippen molar-refractivity contribution >= 4 is 69.0 Å². The van der Waals surface area contributed by atoms with E-state index >= 15 is 0 Å². The highest BCUT2D eigenvalue weighted by Crippen LogP contribution is 2.39. The highest BCUT2D eigenvalue weighted by atomic mass is 35.5. The predicted octanol–water partition coefficient (Wildman–Crippen LogP) is 4.77. The van der Waals surface area contributed by atoms with Crippen LogP contribution in [0.5, 0.6) is 0 Å². The molecule has 0 saturated heterocycles. The van der Waals surface area contributed by atoms with Crippen molar-refractivity contribution < 1.29 is 14.4 Å². The van der Waals surface area contributed by atoms with Crippen molar-refractivity contribution in [2.24, 2.45) is 11.7 Å². The minimum absolute atomic E-state index is 0.204. The number of fused-ring (bicyclic) bond motifs is 1. The standard InChI is InChI=1S/C22H25Cl2N3O3S2/c1-11-3-5-14-17(9-11)32-22(18(14)19(25)28)27-21(30)16(7-8-31-2)26-20(29)13-6-4-12(23)10-15(13)24/h4,6,10-11,16H,3,5,7-9H2,1-2H3,(H2,25,28)(H,26,29)(H,27,30)/t11-,16+/m0/s1. The van der Waals surface area contributed by atoms with Crippen LogP contribution in [-0.4, -0.2) is 35.8 Å². The first-order valence-corrected chi connectivity index (χ1v) is 13.2. The van der Waals surface area contributed by atoms with Crippen LogP contribution >= 0.6 is 46.3 Å². The third-order valence-corrected chi connectivity index (χ3v) is 7.76. The van der Waals surface area contributed by atoms with Crippen molar-refractivity contribution in [2.45, 2.75) is 38.6 Å². The maximum atomic E-state index is 13.1. The van der Waals surface area contributed by atoms with Crippen LogP contribution in [0.15, 0.2) is 18.2 Å². The Bertz CT molecular complexity index is 1040. The Kier molecular flexibility index (Phi) is 8.49. The average molecular weight is 515 g/mol. The van der Waals surface area contributed by atoms with Crippen LogP contribution in [0, 0.1) is 5.92 Å². The second kappa shape index (κ2) is 10.9. The Balaban J connectivity index is 1.82. The summed E-state index contributed by atoms with van der Waals surface area (Å²) >= 11 is 15.0. The van der Waals surface area contributed by atoms with Gasteiger partial charge in [-0.05, 0) is 67.4 Å². The highest BCUT2D eigenvalue weighted by Gasteiger charge is 2.29. The molecule has 172 valence electrons. The van der Waals surface area contributed by atoms with Crippen molar-refractivity contribution in [3.8, 4) is 0 Å². The van der Waals surface area contributed by atoms with Crippen LogP contribution < -0.4 is 16.4 Å². The van der Waals surface area contributed by atoms with E-state index in [-0.39, 0.29) is 10.6 Å². The number of hydrogen-bond acceptors (Lipinski definition) is 5. The highest BCUT2D eigenvalue weighted by molar-refractivity contribution is 7.98. The Morgan fingerprint density at radius 3 is 2.72 bits per heavy atom. The monoisotopic (exact) mass is 513 g/mol. The summed E-state index contributed by atoms with van der Waals surface area (Å²) in [6.45, 7) is 2.17. The topological polar surface area (TPSA) is 101 Å². The maximum Gasteiger partial charge on any atom is 0.253 e. The van der Waals surface area contributed by atoms with E-state index < -0.39 is 23.8 Å². The van der Waals surface area contributed by atoms with Gasteiger partial charge in [0.25, 0.3) is 11.8 Å². The molecule has 1 heterocycles. The van der Waals surface area contributed by atoms with Gasteiger partial charge in [-0.2, -0.15) is 11.8 Å². The number of amides is 3. The molecule has 32 heavy (non-hydrogen) atoms. The number of carbonyl (C=O) groups excluding carboxylic acids is 3. The summed E-state index contributed by atoms with van der Waals surface area (Å²) in [6.07, 6.45) is 4.94. The zero-order valence-corrected chi connectivity index (χ0v) is 20.9. The van der Waals surface area contributed by atoms with Crippen molar-refractivity contribution in [2.75, 3.05) is 17.3 Å². The fourth-order valence-corrected chi connectivity index (χ4v) is 6.10. The van der Waals surface area contributed by atoms with Gasteiger partial charge in [0.2, 0.25) is 5.91 Å². The van der Waals surface area contributed by atoms with Crippen LogP contribution in [0.3, 0.4) is 0 Å². The molecule has 0 fully saturated rings. The number of rotatable bonds is 8. The lowest BCUT2D eigenvalue weighted by Crippen LogP contribution is -2.44. The van der Waals surface area contributed by atoms with Crippen molar-refractivity contribution in [1.29, 1.82) is 0 Å². The first-order chi connectivity index (χ1) is 15.2. The van der Waals surface area contributed by atoms with Gasteiger partial charge in [0.1, 0.15) is 11.0 Å². The van der Waals surface area contributed by atoms with E-state index in [1.165, 1.54) is 23.5 Å². The SMILES string of the molecule is CSCC[C@@H](NC(=O)c1ccc(Cl)cc1Cl)C(=O)Nc1sc2c(c1C(N)=O)CC[C@H](C)C2. The molecule has 0 bridgehead atoms. The summed E-state index contributed by atoms with van der Waals surface area (Å²) < 4.78 is 0. The quantitative estimate of drug-likeness (QED) is 0.473. The summed E-state index contributed by atoms with van der Waals surface area (Å²) in [4.78, 5) is 39.2. The Labute approximate surface area is 205 Å². The Hall–Kier alpha value is -1.74. The van der Waals surface area contributed by atoms with Gasteiger partial charge in [0.05, 0.1) is 16.1 Å². The van der Waals surface area contributed by atoms with E-state index in [1.54, 1.807) is 17.8 Å². The molecule has 1 aliphatic carbocycles. The number of hydrogen-bond donors (Lipinski definition) is 3. The zero-order valence-electron chi connectivity index (χ0n) is 17.8. The fourth-order valence-electron chi connectivity index (χ4n) is 3.71. The number of halogens is 2. The molecule has 4 N–H and O–H groups in total. The molecule has 0 unspecified atom stereocenters. The molecule has 0 aliphatic heterocycles. The number of thiophene rings is 1. The molecular weight excluding hydrogens is 489 g/mol. The van der Waals surface area contributed by atoms with Gasteiger partial charge in [-0.15, -0.1) is 11.3 Å². The molecule has 0 radical (unpaired) electrons. The van der Waals surface area contributed by atoms with Crippen LogP contribution in [-0.2, 0) is 17.6 Å². The molecule has 1 aliphatic rings. The lowest BCUT2D eigenvalue weighted by molar-refractivity contribution is -0.118. The normalized spacial score (nSPS) is 16.2. The van der Waals surface area contributed by atoms with Crippen molar-refractivity contribution in [3.63, 3.8) is 0 Å². The van der Waals surface area contributed by atoms with E-state index in [0.29, 0.717) is 33.7 Å². The molecule has 1 aromatic carbocycles. The minimum atomic E-state index is -0.805. The van der Waals surface area contributed by atoms with Gasteiger partial charge in [0, 0.05) is 9.90 Å². The molecule has 2 atom stereocenters. The number of nitrogens with two attached hydrogens (primary N) is 1. The molecule has 2 aromatic rings. The lowest BCUT2D eigenvalue weighted by atomic mass is 9.88. The first-order valence-electron chi connectivity index (χ1n) is 10.2. The number of carbonyl (C=O) groups is 3. The molecule has 0 saturated carbocycles. The van der Waals surface area contributed by atoms with Gasteiger partial charge < -0.3 is 16.4 Å². The van der Waals surface area contributed by atoms with E-state index in [9.17, 15) is 14.4 Å². The Morgan fingerprint density at radius 2 is 2.06 bits per heavy atom. The van der Waals surface area contributed by atoms with E-state index in [0.717, 1.165) is 29.7 Å². The first kappa shape index (κ1) is 24.9. The van der Waals surface area contributed by atoms with Crippen LogP contribution in [0.25, 0.3) is 0 Å². The van der Waals surface area contributed by atoms with Crippen molar-refractivity contribution in [1.82, 2.24) is 5.32 Å². The second-order valence-corrected chi connectivity index (χ2v) is 10.8. The van der Waals surface area contributed by atoms with E-state index in [2.05, 4.69) is 17.6 Å². The Morgan fingerprint density at radius 1 is 1.31 bits per heavy atom. The number of benzene rings is 1. The largest absolute Gasteiger partial charge is 0.365 e. The number of anilines is 1. The summed E-state index contributed by atoms with van der Waals surface area (Å²) in [5, 5.41) is 6.69. The third kappa shape index (κ3) is 5.78. The lowest BCUT2D eigenvalue weighted by Gasteiger charge is -2.19. The summed E-state index contributed by atoms with van der Waals surface area (Å²) in [6, 6.07) is 3.75. The van der Waals surface area contributed by atoms with Crippen molar-refractivity contribution in [3.05, 3.63) is 49.8 Å². The number of thioether (sulfide) groups is 1. The number of nitrogens with one attached hydrogen (secondary N) is 2. The smallest absolute Gasteiger partial charge is 0.253 e. The molecule has 3 rings (SSSR count). The van der Waals surface area contributed by atoms with Gasteiger partial charge in [-0.25, -0.2) is 0 Å². The van der Waals surface area contributed by atoms with Crippen LogP contribution in [0.1, 0.15) is 50.9 Å².